The van der Waals surface area contributed by atoms with E-state index < -0.39 is 34.5 Å². The maximum absolute atomic E-state index is 13.1. The third kappa shape index (κ3) is 5.55. The summed E-state index contributed by atoms with van der Waals surface area (Å²) in [6, 6.07) is 7.11. The van der Waals surface area contributed by atoms with Crippen LogP contribution < -0.4 is 5.32 Å². The van der Waals surface area contributed by atoms with Gasteiger partial charge >= 0.3 is 5.97 Å². The van der Waals surface area contributed by atoms with Gasteiger partial charge in [-0.15, -0.1) is 0 Å². The van der Waals surface area contributed by atoms with Crippen LogP contribution in [-0.2, 0) is 29.8 Å². The molecule has 0 spiro atoms. The summed E-state index contributed by atoms with van der Waals surface area (Å²) >= 11 is 0. The lowest BCUT2D eigenvalue weighted by Crippen LogP contribution is -2.48. The molecule has 1 aliphatic rings. The standard InChI is InChI=1S/C22H29N3O6S/c1-15-8-10-16(11-9-15)32(28,29)25-12-6-5-7-17(25)21(27)30-14-19(26)23-20-13-18(24-31-20)22(2,3)4/h8-11,13,17H,5-7,12,14H2,1-4H3,(H,23,26)/t17-/m1/s1. The molecule has 1 fully saturated rings. The van der Waals surface area contributed by atoms with Gasteiger partial charge in [-0.3, -0.25) is 14.9 Å². The summed E-state index contributed by atoms with van der Waals surface area (Å²) in [7, 11) is -3.86. The lowest BCUT2D eigenvalue weighted by Gasteiger charge is -2.32. The number of aryl methyl sites for hydroxylation is 1. The number of hydrogen-bond acceptors (Lipinski definition) is 7. The van der Waals surface area contributed by atoms with Crippen molar-refractivity contribution in [3.63, 3.8) is 0 Å². The largest absolute Gasteiger partial charge is 0.454 e. The second kappa shape index (κ2) is 9.41. The first-order valence-corrected chi connectivity index (χ1v) is 11.9. The minimum atomic E-state index is -3.86. The topological polar surface area (TPSA) is 119 Å². The molecule has 1 atom stereocenters. The SMILES string of the molecule is Cc1ccc(S(=O)(=O)N2CCCC[C@@H]2C(=O)OCC(=O)Nc2cc(C(C)(C)C)no2)cc1. The number of rotatable bonds is 6. The van der Waals surface area contributed by atoms with Gasteiger partial charge in [0, 0.05) is 18.0 Å². The van der Waals surface area contributed by atoms with Crippen LogP contribution in [0, 0.1) is 6.92 Å². The van der Waals surface area contributed by atoms with Crippen LogP contribution >= 0.6 is 0 Å². The van der Waals surface area contributed by atoms with E-state index in [-0.39, 0.29) is 22.7 Å². The van der Waals surface area contributed by atoms with Gasteiger partial charge in [-0.1, -0.05) is 43.6 Å². The smallest absolute Gasteiger partial charge is 0.324 e. The fraction of sp³-hybridized carbons (Fsp3) is 0.500. The van der Waals surface area contributed by atoms with Crippen molar-refractivity contribution in [2.75, 3.05) is 18.5 Å². The van der Waals surface area contributed by atoms with Crippen LogP contribution in [0.2, 0.25) is 0 Å². The van der Waals surface area contributed by atoms with E-state index in [1.807, 2.05) is 27.7 Å². The van der Waals surface area contributed by atoms with Crippen LogP contribution in [0.3, 0.4) is 0 Å². The minimum absolute atomic E-state index is 0.125. The molecular weight excluding hydrogens is 434 g/mol. The first-order valence-electron chi connectivity index (χ1n) is 10.5. The third-order valence-corrected chi connectivity index (χ3v) is 7.16. The number of benzene rings is 1. The molecule has 10 heteroatoms. The van der Waals surface area contributed by atoms with E-state index in [4.69, 9.17) is 9.26 Å². The molecule has 174 valence electrons. The van der Waals surface area contributed by atoms with Crippen molar-refractivity contribution >= 4 is 27.8 Å². The van der Waals surface area contributed by atoms with E-state index in [0.29, 0.717) is 25.0 Å². The number of amides is 1. The Balaban J connectivity index is 1.63. The van der Waals surface area contributed by atoms with Crippen molar-refractivity contribution in [3.8, 4) is 0 Å². The van der Waals surface area contributed by atoms with Crippen LogP contribution in [0.5, 0.6) is 0 Å². The number of hydrogen-bond donors (Lipinski definition) is 1. The Morgan fingerprint density at radius 3 is 2.53 bits per heavy atom. The Hall–Kier alpha value is -2.72. The zero-order valence-electron chi connectivity index (χ0n) is 18.8. The van der Waals surface area contributed by atoms with Gasteiger partial charge in [0.1, 0.15) is 6.04 Å². The fourth-order valence-electron chi connectivity index (χ4n) is 3.37. The molecule has 9 nitrogen and oxygen atoms in total. The van der Waals surface area contributed by atoms with Crippen LogP contribution in [0.1, 0.15) is 51.3 Å². The van der Waals surface area contributed by atoms with Crippen LogP contribution in [0.25, 0.3) is 0 Å². The Kier molecular flexibility index (Phi) is 7.04. The predicted molar refractivity (Wildman–Crippen MR) is 118 cm³/mol. The zero-order chi connectivity index (χ0) is 23.5. The van der Waals surface area contributed by atoms with Gasteiger partial charge < -0.3 is 9.26 Å². The fourth-order valence-corrected chi connectivity index (χ4v) is 5.01. The molecule has 1 aliphatic heterocycles. The van der Waals surface area contributed by atoms with E-state index in [1.54, 1.807) is 18.2 Å². The first kappa shape index (κ1) is 23.9. The molecule has 1 aromatic carbocycles. The maximum Gasteiger partial charge on any atom is 0.324 e. The van der Waals surface area contributed by atoms with Crippen molar-refractivity contribution in [2.24, 2.45) is 0 Å². The number of aromatic nitrogens is 1. The second-order valence-corrected chi connectivity index (χ2v) is 10.8. The van der Waals surface area contributed by atoms with E-state index in [9.17, 15) is 18.0 Å². The normalized spacial score (nSPS) is 17.7. The van der Waals surface area contributed by atoms with Gasteiger partial charge in [-0.05, 0) is 38.3 Å². The number of esters is 1. The second-order valence-electron chi connectivity index (χ2n) is 8.92. The molecule has 1 saturated heterocycles. The van der Waals surface area contributed by atoms with Gasteiger partial charge in [-0.2, -0.15) is 4.31 Å². The molecule has 0 bridgehead atoms. The summed E-state index contributed by atoms with van der Waals surface area (Å²) in [6.45, 7) is 7.40. The van der Waals surface area contributed by atoms with Gasteiger partial charge in [0.25, 0.3) is 5.91 Å². The highest BCUT2D eigenvalue weighted by molar-refractivity contribution is 7.89. The first-order chi connectivity index (χ1) is 15.0. The maximum atomic E-state index is 13.1. The number of carbonyl (C=O) groups excluding carboxylic acids is 2. The molecule has 3 rings (SSSR count). The van der Waals surface area contributed by atoms with Crippen molar-refractivity contribution in [1.29, 1.82) is 0 Å². The highest BCUT2D eigenvalue weighted by Gasteiger charge is 2.38. The number of carbonyl (C=O) groups is 2. The molecule has 1 amide bonds. The van der Waals surface area contributed by atoms with E-state index in [1.165, 1.54) is 16.4 Å². The predicted octanol–water partition coefficient (Wildman–Crippen LogP) is 3.01. The van der Waals surface area contributed by atoms with Crippen molar-refractivity contribution < 1.29 is 27.3 Å². The van der Waals surface area contributed by atoms with Crippen LogP contribution in [0.4, 0.5) is 5.88 Å². The van der Waals surface area contributed by atoms with E-state index >= 15 is 0 Å². The average molecular weight is 464 g/mol. The van der Waals surface area contributed by atoms with Gasteiger partial charge in [0.2, 0.25) is 15.9 Å². The molecule has 1 aromatic heterocycles. The van der Waals surface area contributed by atoms with Gasteiger partial charge in [-0.25, -0.2) is 8.42 Å². The highest BCUT2D eigenvalue weighted by atomic mass is 32.2. The Bertz CT molecular complexity index is 1070. The number of sulfonamides is 1. The Morgan fingerprint density at radius 2 is 1.91 bits per heavy atom. The van der Waals surface area contributed by atoms with Crippen molar-refractivity contribution in [2.45, 2.75) is 63.3 Å². The number of nitrogens with one attached hydrogen (secondary N) is 1. The van der Waals surface area contributed by atoms with Gasteiger partial charge in [0.15, 0.2) is 6.61 Å². The average Bonchev–Trinajstić information content (AvgIpc) is 3.21. The summed E-state index contributed by atoms with van der Waals surface area (Å²) in [6.07, 6.45) is 1.68. The lowest BCUT2D eigenvalue weighted by atomic mass is 9.92. The summed E-state index contributed by atoms with van der Waals surface area (Å²) in [4.78, 5) is 25.0. The monoisotopic (exact) mass is 463 g/mol. The molecular formula is C22H29N3O6S. The summed E-state index contributed by atoms with van der Waals surface area (Å²) < 4.78 is 37.6. The van der Waals surface area contributed by atoms with Crippen LogP contribution in [0.15, 0.2) is 39.8 Å². The zero-order valence-corrected chi connectivity index (χ0v) is 19.6. The lowest BCUT2D eigenvalue weighted by molar-refractivity contribution is -0.152. The summed E-state index contributed by atoms with van der Waals surface area (Å²) in [5.41, 5.74) is 1.36. The molecule has 0 saturated carbocycles. The van der Waals surface area contributed by atoms with Gasteiger partial charge in [0.05, 0.1) is 10.6 Å². The van der Waals surface area contributed by atoms with Crippen molar-refractivity contribution in [1.82, 2.24) is 9.46 Å². The Labute approximate surface area is 188 Å². The number of anilines is 1. The summed E-state index contributed by atoms with van der Waals surface area (Å²) in [5, 5.41) is 6.40. The van der Waals surface area contributed by atoms with E-state index in [0.717, 1.165) is 5.56 Å². The molecule has 2 heterocycles. The highest BCUT2D eigenvalue weighted by Crippen LogP contribution is 2.27. The molecule has 0 unspecified atom stereocenters. The summed E-state index contributed by atoms with van der Waals surface area (Å²) in [5.74, 6) is -1.19. The van der Waals surface area contributed by atoms with Crippen molar-refractivity contribution in [3.05, 3.63) is 41.6 Å². The molecule has 0 radical (unpaired) electrons. The molecule has 1 N–H and O–H groups in total. The minimum Gasteiger partial charge on any atom is -0.454 e. The van der Waals surface area contributed by atoms with E-state index in [2.05, 4.69) is 10.5 Å². The quantitative estimate of drug-likeness (QED) is 0.654. The number of ether oxygens (including phenoxy) is 1. The molecule has 32 heavy (non-hydrogen) atoms. The number of nitrogens with zero attached hydrogens (tertiary/aromatic N) is 2. The van der Waals surface area contributed by atoms with Crippen LogP contribution in [-0.4, -0.2) is 48.9 Å². The molecule has 2 aromatic rings. The Morgan fingerprint density at radius 1 is 1.22 bits per heavy atom. The molecule has 0 aliphatic carbocycles. The third-order valence-electron chi connectivity index (χ3n) is 5.24. The number of piperidine rings is 1.